The summed E-state index contributed by atoms with van der Waals surface area (Å²) in [6, 6.07) is 0. The molecule has 15 heavy (non-hydrogen) atoms. The van der Waals surface area contributed by atoms with Crippen molar-refractivity contribution < 1.29 is 9.47 Å². The first-order valence-electron chi connectivity index (χ1n) is 5.71. The molecule has 1 heterocycles. The summed E-state index contributed by atoms with van der Waals surface area (Å²) < 4.78 is 11.0. The molecule has 0 amide bonds. The van der Waals surface area contributed by atoms with Gasteiger partial charge in [0.2, 0.25) is 0 Å². The van der Waals surface area contributed by atoms with E-state index >= 15 is 0 Å². The van der Waals surface area contributed by atoms with Crippen LogP contribution in [0.2, 0.25) is 0 Å². The molecule has 0 radical (unpaired) electrons. The van der Waals surface area contributed by atoms with E-state index in [1.807, 2.05) is 0 Å². The number of unbranched alkanes of at least 4 members (excludes halogenated alkanes) is 2. The van der Waals surface area contributed by atoms with Crippen LogP contribution in [0.15, 0.2) is 0 Å². The lowest BCUT2D eigenvalue weighted by Gasteiger charge is -2.21. The van der Waals surface area contributed by atoms with Crippen molar-refractivity contribution in [2.75, 3.05) is 20.3 Å². The molecule has 0 aromatic carbocycles. The van der Waals surface area contributed by atoms with E-state index in [-0.39, 0.29) is 12.2 Å². The van der Waals surface area contributed by atoms with Crippen LogP contribution >= 0.6 is 12.2 Å². The Labute approximate surface area is 97.5 Å². The molecule has 1 N–H and O–H groups in total. The van der Waals surface area contributed by atoms with Crippen molar-refractivity contribution in [2.45, 2.75) is 38.9 Å². The van der Waals surface area contributed by atoms with E-state index in [4.69, 9.17) is 21.7 Å². The number of thiocarbonyl (C=S) groups is 1. The molecular weight excluding hydrogens is 210 g/mol. The zero-order chi connectivity index (χ0) is 11.1. The second-order valence-corrected chi connectivity index (χ2v) is 4.31. The summed E-state index contributed by atoms with van der Waals surface area (Å²) in [5, 5.41) is 3.16. The van der Waals surface area contributed by atoms with Gasteiger partial charge in [0, 0.05) is 20.3 Å². The van der Waals surface area contributed by atoms with Gasteiger partial charge in [-0.2, -0.15) is 0 Å². The van der Waals surface area contributed by atoms with Crippen molar-refractivity contribution in [2.24, 2.45) is 5.92 Å². The summed E-state index contributed by atoms with van der Waals surface area (Å²) in [7, 11) is 1.69. The Hall–Kier alpha value is -0.190. The van der Waals surface area contributed by atoms with Gasteiger partial charge in [0.25, 0.3) is 0 Å². The van der Waals surface area contributed by atoms with E-state index < -0.39 is 0 Å². The highest BCUT2D eigenvalue weighted by Crippen LogP contribution is 2.19. The van der Waals surface area contributed by atoms with Gasteiger partial charge >= 0.3 is 0 Å². The molecule has 1 aliphatic heterocycles. The molecule has 1 rings (SSSR count). The highest BCUT2D eigenvalue weighted by molar-refractivity contribution is 7.80. The normalized spacial score (nSPS) is 22.8. The number of methoxy groups -OCH3 is 1. The molecule has 2 atom stereocenters. The molecule has 0 bridgehead atoms. The van der Waals surface area contributed by atoms with Gasteiger partial charge in [-0.1, -0.05) is 32.0 Å². The van der Waals surface area contributed by atoms with Crippen molar-refractivity contribution >= 4 is 17.2 Å². The summed E-state index contributed by atoms with van der Waals surface area (Å²) >= 11 is 5.21. The lowest BCUT2D eigenvalue weighted by Crippen LogP contribution is -2.31. The number of rotatable bonds is 7. The van der Waals surface area contributed by atoms with Crippen LogP contribution in [0.4, 0.5) is 0 Å². The van der Waals surface area contributed by atoms with E-state index in [1.165, 1.54) is 12.8 Å². The highest BCUT2D eigenvalue weighted by atomic mass is 32.1. The molecule has 0 saturated carbocycles. The number of hydrogen-bond donors (Lipinski definition) is 1. The molecule has 1 fully saturated rings. The lowest BCUT2D eigenvalue weighted by molar-refractivity contribution is -0.141. The first-order chi connectivity index (χ1) is 7.29. The minimum atomic E-state index is -0.163. The predicted molar refractivity (Wildman–Crippen MR) is 65.0 cm³/mol. The second kappa shape index (κ2) is 7.14. The van der Waals surface area contributed by atoms with Gasteiger partial charge in [-0.3, -0.25) is 0 Å². The number of hydrogen-bond acceptors (Lipinski definition) is 3. The molecule has 88 valence electrons. The Morgan fingerprint density at radius 1 is 1.53 bits per heavy atom. The minimum absolute atomic E-state index is 0.163. The molecule has 4 heteroatoms. The van der Waals surface area contributed by atoms with E-state index in [0.717, 1.165) is 31.0 Å². The number of nitrogens with one attached hydrogen (secondary N) is 1. The molecule has 3 nitrogen and oxygen atoms in total. The summed E-state index contributed by atoms with van der Waals surface area (Å²) in [5.74, 6) is 0.242. The Balaban J connectivity index is 2.25. The molecular formula is C11H21NO2S. The lowest BCUT2D eigenvalue weighted by atomic mass is 10.1. The highest BCUT2D eigenvalue weighted by Gasteiger charge is 2.29. The topological polar surface area (TPSA) is 30.5 Å². The fraction of sp³-hybridized carbons (Fsp3) is 0.909. The van der Waals surface area contributed by atoms with Gasteiger partial charge in [0.15, 0.2) is 6.29 Å². The molecule has 1 saturated heterocycles. The van der Waals surface area contributed by atoms with Gasteiger partial charge in [0.1, 0.15) is 0 Å². The van der Waals surface area contributed by atoms with E-state index in [9.17, 15) is 0 Å². The zero-order valence-corrected chi connectivity index (χ0v) is 10.4. The van der Waals surface area contributed by atoms with Gasteiger partial charge in [0.05, 0.1) is 10.9 Å². The van der Waals surface area contributed by atoms with E-state index in [0.29, 0.717) is 0 Å². The maximum absolute atomic E-state index is 5.70. The summed E-state index contributed by atoms with van der Waals surface area (Å²) in [6.45, 7) is 3.90. The van der Waals surface area contributed by atoms with Crippen LogP contribution in [0.1, 0.15) is 32.6 Å². The van der Waals surface area contributed by atoms with Crippen molar-refractivity contribution in [3.63, 3.8) is 0 Å². The van der Waals surface area contributed by atoms with Crippen LogP contribution in [-0.2, 0) is 9.47 Å². The fourth-order valence-electron chi connectivity index (χ4n) is 1.77. The Kier molecular flexibility index (Phi) is 6.13. The van der Waals surface area contributed by atoms with E-state index in [2.05, 4.69) is 12.2 Å². The third-order valence-electron chi connectivity index (χ3n) is 2.68. The van der Waals surface area contributed by atoms with Gasteiger partial charge in [-0.25, -0.2) is 0 Å². The Morgan fingerprint density at radius 3 is 2.87 bits per heavy atom. The average molecular weight is 231 g/mol. The van der Waals surface area contributed by atoms with Crippen molar-refractivity contribution in [1.29, 1.82) is 0 Å². The maximum atomic E-state index is 5.70. The smallest absolute Gasteiger partial charge is 0.166 e. The predicted octanol–water partition coefficient (Wildman–Crippen LogP) is 2.10. The Bertz CT molecular complexity index is 199. The molecule has 0 aromatic heterocycles. The first-order valence-corrected chi connectivity index (χ1v) is 6.12. The van der Waals surface area contributed by atoms with Crippen molar-refractivity contribution in [3.05, 3.63) is 0 Å². The van der Waals surface area contributed by atoms with Crippen LogP contribution in [0.3, 0.4) is 0 Å². The van der Waals surface area contributed by atoms with Crippen LogP contribution < -0.4 is 5.32 Å². The number of ether oxygens (including phenoxy) is 2. The van der Waals surface area contributed by atoms with E-state index in [1.54, 1.807) is 7.11 Å². The quantitative estimate of drug-likeness (QED) is 0.413. The molecule has 2 unspecified atom stereocenters. The monoisotopic (exact) mass is 231 g/mol. The summed E-state index contributed by atoms with van der Waals surface area (Å²) in [5.41, 5.74) is 0. The van der Waals surface area contributed by atoms with Crippen LogP contribution in [0, 0.1) is 5.92 Å². The molecule has 0 aromatic rings. The van der Waals surface area contributed by atoms with Gasteiger partial charge in [-0.05, 0) is 12.8 Å². The second-order valence-electron chi connectivity index (χ2n) is 3.87. The maximum Gasteiger partial charge on any atom is 0.166 e. The van der Waals surface area contributed by atoms with Gasteiger partial charge < -0.3 is 14.8 Å². The largest absolute Gasteiger partial charge is 0.379 e. The summed E-state index contributed by atoms with van der Waals surface area (Å²) in [6.07, 6.45) is 4.38. The standard InChI is InChI=1S/C11H21NO2S/c1-3-4-5-8-14-11(13-2)9-6-7-12-10(9)15/h9,11H,3-8H2,1-2H3,(H,12,15). The van der Waals surface area contributed by atoms with Crippen molar-refractivity contribution in [3.8, 4) is 0 Å². The Morgan fingerprint density at radius 2 is 2.33 bits per heavy atom. The third-order valence-corrected chi connectivity index (χ3v) is 3.13. The van der Waals surface area contributed by atoms with Crippen molar-refractivity contribution in [1.82, 2.24) is 5.32 Å². The molecule has 1 aliphatic rings. The first kappa shape index (κ1) is 12.9. The zero-order valence-electron chi connectivity index (χ0n) is 9.62. The minimum Gasteiger partial charge on any atom is -0.379 e. The summed E-state index contributed by atoms with van der Waals surface area (Å²) in [4.78, 5) is 0.886. The van der Waals surface area contributed by atoms with Crippen LogP contribution in [0.25, 0.3) is 0 Å². The SMILES string of the molecule is CCCCCOC(OC)C1CCNC1=S. The molecule has 0 spiro atoms. The third kappa shape index (κ3) is 4.05. The molecule has 0 aliphatic carbocycles. The van der Waals surface area contributed by atoms with Gasteiger partial charge in [-0.15, -0.1) is 0 Å². The fourth-order valence-corrected chi connectivity index (χ4v) is 2.10. The van der Waals surface area contributed by atoms with Crippen LogP contribution in [0.5, 0.6) is 0 Å². The average Bonchev–Trinajstić information content (AvgIpc) is 2.65. The van der Waals surface area contributed by atoms with Crippen LogP contribution in [-0.4, -0.2) is 31.5 Å².